The Bertz CT molecular complexity index is 1070. The zero-order valence-electron chi connectivity index (χ0n) is 13.6. The fourth-order valence-electron chi connectivity index (χ4n) is 2.63. The summed E-state index contributed by atoms with van der Waals surface area (Å²) in [5.74, 6) is -1.02. The number of pyridine rings is 2. The van der Waals surface area contributed by atoms with Gasteiger partial charge >= 0.3 is 12.4 Å². The number of nitriles is 1. The molecule has 0 spiro atoms. The van der Waals surface area contributed by atoms with Gasteiger partial charge in [-0.15, -0.1) is 0 Å². The average Bonchev–Trinajstić information content (AvgIpc) is 2.61. The molecule has 10 heteroatoms. The van der Waals surface area contributed by atoms with E-state index in [2.05, 4.69) is 9.97 Å². The van der Waals surface area contributed by atoms with Crippen LogP contribution in [0, 0.1) is 11.3 Å². The number of fused-ring (bicyclic) bond motifs is 1. The number of rotatable bonds is 2. The van der Waals surface area contributed by atoms with Crippen LogP contribution in [0.5, 0.6) is 0 Å². The van der Waals surface area contributed by atoms with E-state index < -0.39 is 40.6 Å². The van der Waals surface area contributed by atoms with E-state index >= 15 is 0 Å². The van der Waals surface area contributed by atoms with Gasteiger partial charge in [-0.05, 0) is 35.9 Å². The molecule has 1 aromatic carbocycles. The summed E-state index contributed by atoms with van der Waals surface area (Å²) in [6.07, 6.45) is -10.1. The molecule has 0 saturated heterocycles. The van der Waals surface area contributed by atoms with Crippen LogP contribution in [0.2, 0.25) is 5.02 Å². The van der Waals surface area contributed by atoms with Gasteiger partial charge in [-0.1, -0.05) is 23.7 Å². The van der Waals surface area contributed by atoms with Crippen molar-refractivity contribution in [1.29, 1.82) is 5.26 Å². The SMILES string of the molecule is N#C[C@H](c1ccc(Cl)cc1)c1ccc2c(C(F)(F)F)cc(C(F)(F)F)nc2n1. The van der Waals surface area contributed by atoms with Gasteiger partial charge in [0.05, 0.1) is 17.3 Å². The van der Waals surface area contributed by atoms with Crippen LogP contribution in [-0.4, -0.2) is 9.97 Å². The number of benzene rings is 1. The molecule has 0 N–H and O–H groups in total. The maximum Gasteiger partial charge on any atom is 0.433 e. The van der Waals surface area contributed by atoms with E-state index in [0.29, 0.717) is 10.6 Å². The lowest BCUT2D eigenvalue weighted by molar-refractivity contribution is -0.144. The molecular formula is C18H8ClF6N3. The summed E-state index contributed by atoms with van der Waals surface area (Å²) in [6, 6.07) is 10.0. The van der Waals surface area contributed by atoms with Gasteiger partial charge in [-0.25, -0.2) is 9.97 Å². The second kappa shape index (κ2) is 6.95. The zero-order chi connectivity index (χ0) is 20.7. The van der Waals surface area contributed by atoms with Gasteiger partial charge < -0.3 is 0 Å². The van der Waals surface area contributed by atoms with Crippen LogP contribution >= 0.6 is 11.6 Å². The molecule has 0 aliphatic heterocycles. The van der Waals surface area contributed by atoms with Crippen molar-refractivity contribution in [1.82, 2.24) is 9.97 Å². The first kappa shape index (κ1) is 19.9. The molecule has 0 fully saturated rings. The quantitative estimate of drug-likeness (QED) is 0.484. The molecule has 2 heterocycles. The molecule has 2 aromatic heterocycles. The molecule has 0 radical (unpaired) electrons. The number of nitrogens with zero attached hydrogens (tertiary/aromatic N) is 3. The summed E-state index contributed by atoms with van der Waals surface area (Å²) in [4.78, 5) is 7.07. The Morgan fingerprint density at radius 2 is 1.54 bits per heavy atom. The number of hydrogen-bond acceptors (Lipinski definition) is 3. The molecular weight excluding hydrogens is 408 g/mol. The molecule has 144 valence electrons. The molecule has 1 atom stereocenters. The smallest absolute Gasteiger partial charge is 0.231 e. The molecule has 28 heavy (non-hydrogen) atoms. The Kier molecular flexibility index (Phi) is 4.93. The first-order valence-corrected chi connectivity index (χ1v) is 7.99. The summed E-state index contributed by atoms with van der Waals surface area (Å²) in [7, 11) is 0. The summed E-state index contributed by atoms with van der Waals surface area (Å²) < 4.78 is 78.6. The lowest BCUT2D eigenvalue weighted by Crippen LogP contribution is -2.14. The number of aromatic nitrogens is 2. The van der Waals surface area contributed by atoms with Crippen LogP contribution in [0.1, 0.15) is 28.4 Å². The minimum Gasteiger partial charge on any atom is -0.231 e. The van der Waals surface area contributed by atoms with Crippen LogP contribution in [0.25, 0.3) is 11.0 Å². The van der Waals surface area contributed by atoms with Crippen LogP contribution < -0.4 is 0 Å². The second-order valence-electron chi connectivity index (χ2n) is 5.77. The molecule has 0 aliphatic carbocycles. The van der Waals surface area contributed by atoms with Gasteiger partial charge in [0.2, 0.25) is 0 Å². The van der Waals surface area contributed by atoms with Crippen molar-refractivity contribution < 1.29 is 26.3 Å². The third-order valence-electron chi connectivity index (χ3n) is 3.92. The first-order chi connectivity index (χ1) is 13.0. The topological polar surface area (TPSA) is 49.6 Å². The van der Waals surface area contributed by atoms with Crippen molar-refractivity contribution in [2.45, 2.75) is 18.3 Å². The Labute approximate surface area is 159 Å². The average molecular weight is 416 g/mol. The minimum atomic E-state index is -5.09. The van der Waals surface area contributed by atoms with Crippen molar-refractivity contribution >= 4 is 22.6 Å². The highest BCUT2D eigenvalue weighted by molar-refractivity contribution is 6.30. The van der Waals surface area contributed by atoms with Gasteiger partial charge in [0.1, 0.15) is 11.6 Å². The summed E-state index contributed by atoms with van der Waals surface area (Å²) in [6.45, 7) is 0. The summed E-state index contributed by atoms with van der Waals surface area (Å²) in [5, 5.41) is 9.25. The van der Waals surface area contributed by atoms with Crippen LogP contribution in [0.4, 0.5) is 26.3 Å². The largest absolute Gasteiger partial charge is 0.433 e. The Morgan fingerprint density at radius 3 is 2.07 bits per heavy atom. The molecule has 0 amide bonds. The van der Waals surface area contributed by atoms with Gasteiger partial charge in [0, 0.05) is 10.4 Å². The van der Waals surface area contributed by atoms with E-state index in [1.54, 1.807) is 0 Å². The van der Waals surface area contributed by atoms with Crippen molar-refractivity contribution in [3.8, 4) is 6.07 Å². The standard InChI is InChI=1S/C18H8ClF6N3/c19-10-3-1-9(2-4-10)12(8-26)14-6-5-11-13(17(20,21)22)7-15(18(23,24)25)28-16(11)27-14/h1-7,12H/t12-/m1/s1. The third kappa shape index (κ3) is 3.87. The molecule has 0 saturated carbocycles. The molecule has 0 bridgehead atoms. The van der Waals surface area contributed by atoms with Crippen LogP contribution in [0.3, 0.4) is 0 Å². The molecule has 3 rings (SSSR count). The zero-order valence-corrected chi connectivity index (χ0v) is 14.4. The van der Waals surface area contributed by atoms with E-state index in [1.807, 2.05) is 6.07 Å². The number of alkyl halides is 6. The predicted octanol–water partition coefficient (Wildman–Crippen LogP) is 5.98. The summed E-state index contributed by atoms with van der Waals surface area (Å²) >= 11 is 5.78. The number of hydrogen-bond donors (Lipinski definition) is 0. The van der Waals surface area contributed by atoms with Gasteiger partial charge in [-0.2, -0.15) is 31.6 Å². The van der Waals surface area contributed by atoms with Crippen LogP contribution in [0.15, 0.2) is 42.5 Å². The summed E-state index contributed by atoms with van der Waals surface area (Å²) in [5.41, 5.74) is -3.55. The highest BCUT2D eigenvalue weighted by Crippen LogP contribution is 2.38. The van der Waals surface area contributed by atoms with Gasteiger partial charge in [-0.3, -0.25) is 0 Å². The van der Waals surface area contributed by atoms with E-state index in [-0.39, 0.29) is 11.8 Å². The fraction of sp³-hybridized carbons (Fsp3) is 0.167. The maximum atomic E-state index is 13.2. The van der Waals surface area contributed by atoms with Gasteiger partial charge in [0.25, 0.3) is 0 Å². The molecule has 3 aromatic rings. The Morgan fingerprint density at radius 1 is 0.893 bits per heavy atom. The fourth-order valence-corrected chi connectivity index (χ4v) is 2.75. The Balaban J connectivity index is 2.22. The van der Waals surface area contributed by atoms with Crippen molar-refractivity contribution in [2.24, 2.45) is 0 Å². The first-order valence-electron chi connectivity index (χ1n) is 7.62. The Hall–Kier alpha value is -2.86. The van der Waals surface area contributed by atoms with E-state index in [0.717, 1.165) is 12.1 Å². The highest BCUT2D eigenvalue weighted by atomic mass is 35.5. The van der Waals surface area contributed by atoms with Gasteiger partial charge in [0.15, 0.2) is 5.65 Å². The highest BCUT2D eigenvalue weighted by Gasteiger charge is 2.39. The maximum absolute atomic E-state index is 13.2. The molecule has 3 nitrogen and oxygen atoms in total. The number of halogens is 7. The van der Waals surface area contributed by atoms with E-state index in [1.165, 1.54) is 24.3 Å². The monoisotopic (exact) mass is 415 g/mol. The molecule has 0 unspecified atom stereocenters. The van der Waals surface area contributed by atoms with Crippen LogP contribution in [-0.2, 0) is 12.4 Å². The van der Waals surface area contributed by atoms with E-state index in [9.17, 15) is 31.6 Å². The lowest BCUT2D eigenvalue weighted by atomic mass is 9.96. The predicted molar refractivity (Wildman–Crippen MR) is 88.5 cm³/mol. The van der Waals surface area contributed by atoms with Crippen molar-refractivity contribution in [2.75, 3.05) is 0 Å². The molecule has 0 aliphatic rings. The third-order valence-corrected chi connectivity index (χ3v) is 4.17. The second-order valence-corrected chi connectivity index (χ2v) is 6.21. The van der Waals surface area contributed by atoms with E-state index in [4.69, 9.17) is 11.6 Å². The van der Waals surface area contributed by atoms with Crippen molar-refractivity contribution in [3.63, 3.8) is 0 Å². The van der Waals surface area contributed by atoms with Crippen molar-refractivity contribution in [3.05, 3.63) is 70.0 Å². The lowest BCUT2D eigenvalue weighted by Gasteiger charge is -2.15. The normalized spacial score (nSPS) is 13.4. The minimum absolute atomic E-state index is 0.0303.